The van der Waals surface area contributed by atoms with Crippen molar-refractivity contribution < 1.29 is 18.0 Å². The summed E-state index contributed by atoms with van der Waals surface area (Å²) in [6.45, 7) is 3.07. The first-order valence-electron chi connectivity index (χ1n) is 8.19. The number of nitrogens with zero attached hydrogens (tertiary/aromatic N) is 2. The molecule has 0 aliphatic carbocycles. The third-order valence-corrected chi connectivity index (χ3v) is 4.38. The van der Waals surface area contributed by atoms with Crippen molar-refractivity contribution in [3.8, 4) is 0 Å². The molecule has 1 aromatic carbocycles. The van der Waals surface area contributed by atoms with E-state index in [4.69, 9.17) is 5.73 Å². The molecule has 0 saturated carbocycles. The van der Waals surface area contributed by atoms with Gasteiger partial charge in [0.1, 0.15) is 0 Å². The van der Waals surface area contributed by atoms with Crippen molar-refractivity contribution >= 4 is 18.3 Å². The highest BCUT2D eigenvalue weighted by atomic mass is 35.5. The molecule has 0 bridgehead atoms. The summed E-state index contributed by atoms with van der Waals surface area (Å²) in [5, 5.41) is 0. The van der Waals surface area contributed by atoms with Crippen LogP contribution >= 0.6 is 12.4 Å². The maximum absolute atomic E-state index is 12.5. The first-order valence-corrected chi connectivity index (χ1v) is 8.19. The average molecular weight is 380 g/mol. The maximum atomic E-state index is 12.5. The number of likely N-dealkylation sites (tertiary alicyclic amines) is 1. The SMILES string of the molecule is CCN(CC1CCN(C(=O)c2ccc(CN)cc2)C1)CC(F)(F)F.Cl. The minimum Gasteiger partial charge on any atom is -0.338 e. The number of alkyl halides is 3. The van der Waals surface area contributed by atoms with Crippen LogP contribution in [0.4, 0.5) is 13.2 Å². The molecule has 0 radical (unpaired) electrons. The summed E-state index contributed by atoms with van der Waals surface area (Å²) in [5.41, 5.74) is 7.09. The summed E-state index contributed by atoms with van der Waals surface area (Å²) < 4.78 is 37.6. The standard InChI is InChI=1S/C17H24F3N3O.ClH/c1-2-22(12-17(18,19)20)10-14-7-8-23(11-14)16(24)15-5-3-13(9-21)4-6-15;/h3-6,14H,2,7-12,21H2,1H3;1H. The van der Waals surface area contributed by atoms with E-state index < -0.39 is 12.7 Å². The van der Waals surface area contributed by atoms with Gasteiger partial charge in [0, 0.05) is 31.7 Å². The third kappa shape index (κ3) is 6.49. The van der Waals surface area contributed by atoms with Gasteiger partial charge in [-0.3, -0.25) is 9.69 Å². The molecule has 1 unspecified atom stereocenters. The maximum Gasteiger partial charge on any atom is 0.401 e. The van der Waals surface area contributed by atoms with Gasteiger partial charge in [-0.15, -0.1) is 12.4 Å². The lowest BCUT2D eigenvalue weighted by Crippen LogP contribution is -2.38. The Morgan fingerprint density at radius 1 is 1.32 bits per heavy atom. The van der Waals surface area contributed by atoms with E-state index in [2.05, 4.69) is 0 Å². The highest BCUT2D eigenvalue weighted by molar-refractivity contribution is 5.94. The highest BCUT2D eigenvalue weighted by Crippen LogP contribution is 2.22. The zero-order valence-electron chi connectivity index (χ0n) is 14.3. The van der Waals surface area contributed by atoms with Gasteiger partial charge in [0.15, 0.2) is 0 Å². The smallest absolute Gasteiger partial charge is 0.338 e. The fourth-order valence-corrected chi connectivity index (χ4v) is 3.06. The predicted octanol–water partition coefficient (Wildman–Crippen LogP) is 2.91. The minimum absolute atomic E-state index is 0. The lowest BCUT2D eigenvalue weighted by atomic mass is 10.1. The number of carbonyl (C=O) groups is 1. The van der Waals surface area contributed by atoms with E-state index in [0.717, 1.165) is 12.0 Å². The molecule has 1 aliphatic rings. The molecule has 25 heavy (non-hydrogen) atoms. The number of hydrogen-bond acceptors (Lipinski definition) is 3. The van der Waals surface area contributed by atoms with Crippen LogP contribution in [-0.4, -0.2) is 54.6 Å². The predicted molar refractivity (Wildman–Crippen MR) is 93.8 cm³/mol. The molecule has 1 heterocycles. The molecule has 1 atom stereocenters. The van der Waals surface area contributed by atoms with Crippen molar-refractivity contribution in [3.63, 3.8) is 0 Å². The Kier molecular flexibility index (Phi) is 8.18. The van der Waals surface area contributed by atoms with Gasteiger partial charge in [0.25, 0.3) is 5.91 Å². The highest BCUT2D eigenvalue weighted by Gasteiger charge is 2.33. The molecule has 2 N–H and O–H groups in total. The Labute approximate surface area is 152 Å². The zero-order chi connectivity index (χ0) is 17.7. The van der Waals surface area contributed by atoms with E-state index >= 15 is 0 Å². The van der Waals surface area contributed by atoms with Gasteiger partial charge in [-0.25, -0.2) is 0 Å². The lowest BCUT2D eigenvalue weighted by molar-refractivity contribution is -0.146. The summed E-state index contributed by atoms with van der Waals surface area (Å²) >= 11 is 0. The van der Waals surface area contributed by atoms with Crippen molar-refractivity contribution in [1.29, 1.82) is 0 Å². The normalized spacial score (nSPS) is 17.7. The van der Waals surface area contributed by atoms with E-state index in [9.17, 15) is 18.0 Å². The minimum atomic E-state index is -4.19. The second-order valence-electron chi connectivity index (χ2n) is 6.25. The zero-order valence-corrected chi connectivity index (χ0v) is 15.1. The number of amides is 1. The van der Waals surface area contributed by atoms with Crippen molar-refractivity contribution in [2.24, 2.45) is 11.7 Å². The first-order chi connectivity index (χ1) is 11.3. The molecule has 1 saturated heterocycles. The molecule has 4 nitrogen and oxygen atoms in total. The number of halogens is 4. The largest absolute Gasteiger partial charge is 0.401 e. The summed E-state index contributed by atoms with van der Waals surface area (Å²) in [7, 11) is 0. The first kappa shape index (κ1) is 21.7. The quantitative estimate of drug-likeness (QED) is 0.826. The van der Waals surface area contributed by atoms with E-state index in [1.807, 2.05) is 12.1 Å². The van der Waals surface area contributed by atoms with Gasteiger partial charge in [-0.1, -0.05) is 19.1 Å². The molecular weight excluding hydrogens is 355 g/mol. The van der Waals surface area contributed by atoms with Crippen LogP contribution in [0.5, 0.6) is 0 Å². The van der Waals surface area contributed by atoms with E-state index in [-0.39, 0.29) is 24.2 Å². The summed E-state index contributed by atoms with van der Waals surface area (Å²) in [5.74, 6) is 0.0134. The Morgan fingerprint density at radius 2 is 1.96 bits per heavy atom. The van der Waals surface area contributed by atoms with Gasteiger partial charge < -0.3 is 10.6 Å². The Bertz CT molecular complexity index is 551. The second kappa shape index (κ2) is 9.40. The fraction of sp³-hybridized carbons (Fsp3) is 0.588. The van der Waals surface area contributed by atoms with Gasteiger partial charge in [0.05, 0.1) is 6.54 Å². The van der Waals surface area contributed by atoms with E-state index in [1.165, 1.54) is 4.90 Å². The second-order valence-corrected chi connectivity index (χ2v) is 6.25. The van der Waals surface area contributed by atoms with Crippen LogP contribution in [0, 0.1) is 5.92 Å². The molecule has 2 rings (SSSR count). The summed E-state index contributed by atoms with van der Waals surface area (Å²) in [4.78, 5) is 15.6. The topological polar surface area (TPSA) is 49.6 Å². The van der Waals surface area contributed by atoms with Crippen molar-refractivity contribution in [1.82, 2.24) is 9.80 Å². The Hall–Kier alpha value is -1.31. The fourth-order valence-electron chi connectivity index (χ4n) is 3.06. The van der Waals surface area contributed by atoms with Crippen LogP contribution in [0.1, 0.15) is 29.3 Å². The number of carbonyl (C=O) groups excluding carboxylic acids is 1. The molecule has 1 aromatic rings. The van der Waals surface area contributed by atoms with Crippen LogP contribution in [0.3, 0.4) is 0 Å². The van der Waals surface area contributed by atoms with E-state index in [1.54, 1.807) is 24.0 Å². The molecule has 1 fully saturated rings. The molecule has 0 spiro atoms. The van der Waals surface area contributed by atoms with Gasteiger partial charge in [-0.2, -0.15) is 13.2 Å². The van der Waals surface area contributed by atoms with Crippen LogP contribution in [0.15, 0.2) is 24.3 Å². The summed E-state index contributed by atoms with van der Waals surface area (Å²) in [6.07, 6.45) is -3.45. The Morgan fingerprint density at radius 3 is 2.48 bits per heavy atom. The average Bonchev–Trinajstić information content (AvgIpc) is 3.01. The van der Waals surface area contributed by atoms with Crippen LogP contribution in [0.2, 0.25) is 0 Å². The third-order valence-electron chi connectivity index (χ3n) is 4.38. The number of benzene rings is 1. The van der Waals surface area contributed by atoms with Gasteiger partial charge in [-0.05, 0) is 36.6 Å². The van der Waals surface area contributed by atoms with Crippen molar-refractivity contribution in [3.05, 3.63) is 35.4 Å². The van der Waals surface area contributed by atoms with Crippen molar-refractivity contribution in [2.75, 3.05) is 32.7 Å². The Balaban J connectivity index is 0.00000312. The number of rotatable bonds is 6. The monoisotopic (exact) mass is 379 g/mol. The van der Waals surface area contributed by atoms with Crippen LogP contribution < -0.4 is 5.73 Å². The molecule has 1 aliphatic heterocycles. The van der Waals surface area contributed by atoms with Gasteiger partial charge >= 0.3 is 6.18 Å². The van der Waals surface area contributed by atoms with Gasteiger partial charge in [0.2, 0.25) is 0 Å². The molecule has 142 valence electrons. The van der Waals surface area contributed by atoms with Crippen molar-refractivity contribution in [2.45, 2.75) is 26.1 Å². The summed E-state index contributed by atoms with van der Waals surface area (Å²) in [6, 6.07) is 7.14. The molecule has 0 aromatic heterocycles. The number of hydrogen-bond donors (Lipinski definition) is 1. The molecular formula is C17H25ClF3N3O. The van der Waals surface area contributed by atoms with Crippen LogP contribution in [0.25, 0.3) is 0 Å². The number of nitrogens with two attached hydrogens (primary N) is 1. The van der Waals surface area contributed by atoms with Crippen LogP contribution in [-0.2, 0) is 6.54 Å². The molecule has 8 heteroatoms. The van der Waals surface area contributed by atoms with E-state index in [0.29, 0.717) is 38.3 Å². The molecule has 1 amide bonds. The lowest BCUT2D eigenvalue weighted by Gasteiger charge is -2.25.